The van der Waals surface area contributed by atoms with Crippen molar-refractivity contribution < 1.29 is 28.5 Å². The number of hydrogen-bond donors (Lipinski definition) is 0. The first-order valence-corrected chi connectivity index (χ1v) is 6.26. The average molecular weight is 276 g/mol. The molecular formula is C13H24O6. The Balaban J connectivity index is 3.27. The minimum absolute atomic E-state index is 0.0132. The van der Waals surface area contributed by atoms with Crippen molar-refractivity contribution >= 4 is 11.8 Å². The van der Waals surface area contributed by atoms with Crippen molar-refractivity contribution in [2.75, 3.05) is 39.6 Å². The Morgan fingerprint density at radius 1 is 0.842 bits per heavy atom. The molecule has 0 spiro atoms. The van der Waals surface area contributed by atoms with Crippen LogP contribution in [0, 0.1) is 0 Å². The van der Waals surface area contributed by atoms with Gasteiger partial charge in [-0.25, -0.2) is 4.79 Å². The number of carbonyl (C=O) groups excluding carboxylic acids is 2. The molecule has 0 radical (unpaired) electrons. The van der Waals surface area contributed by atoms with Crippen molar-refractivity contribution in [3.8, 4) is 0 Å². The van der Waals surface area contributed by atoms with Gasteiger partial charge in [0.05, 0.1) is 26.4 Å². The molecule has 112 valence electrons. The fourth-order valence-corrected chi connectivity index (χ4v) is 1.08. The number of rotatable bonds is 10. The Morgan fingerprint density at radius 3 is 1.79 bits per heavy atom. The standard InChI is InChI=1S/C13H24O6/c1-11(14)9-17-7-5-16-6-8-18-10-12(15)19-13(2,3)4/h5-10H2,1-4H3. The first-order valence-electron chi connectivity index (χ1n) is 6.26. The normalized spacial score (nSPS) is 11.4. The lowest BCUT2D eigenvalue weighted by Crippen LogP contribution is -2.27. The number of hydrogen-bond acceptors (Lipinski definition) is 6. The van der Waals surface area contributed by atoms with Gasteiger partial charge in [0, 0.05) is 0 Å². The lowest BCUT2D eigenvalue weighted by Gasteiger charge is -2.19. The van der Waals surface area contributed by atoms with Crippen LogP contribution in [0.15, 0.2) is 0 Å². The molecule has 6 heteroatoms. The molecule has 19 heavy (non-hydrogen) atoms. The Hall–Kier alpha value is -0.980. The van der Waals surface area contributed by atoms with Gasteiger partial charge in [0.25, 0.3) is 0 Å². The summed E-state index contributed by atoms with van der Waals surface area (Å²) in [4.78, 5) is 21.8. The zero-order chi connectivity index (χ0) is 14.7. The van der Waals surface area contributed by atoms with E-state index in [0.29, 0.717) is 26.4 Å². The van der Waals surface area contributed by atoms with E-state index in [2.05, 4.69) is 0 Å². The molecule has 0 amide bonds. The predicted molar refractivity (Wildman–Crippen MR) is 69.0 cm³/mol. The number of Topliss-reactive ketones (excluding diaryl/α,β-unsaturated/α-hetero) is 1. The van der Waals surface area contributed by atoms with Crippen LogP contribution < -0.4 is 0 Å². The van der Waals surface area contributed by atoms with Crippen molar-refractivity contribution in [1.82, 2.24) is 0 Å². The highest BCUT2D eigenvalue weighted by atomic mass is 16.6. The zero-order valence-corrected chi connectivity index (χ0v) is 12.2. The predicted octanol–water partition coefficient (Wildman–Crippen LogP) is 0.967. The average Bonchev–Trinajstić information content (AvgIpc) is 2.24. The van der Waals surface area contributed by atoms with E-state index in [1.54, 1.807) is 20.8 Å². The van der Waals surface area contributed by atoms with Crippen LogP contribution in [0.3, 0.4) is 0 Å². The van der Waals surface area contributed by atoms with Crippen LogP contribution in [0.4, 0.5) is 0 Å². The highest BCUT2D eigenvalue weighted by Gasteiger charge is 2.15. The Kier molecular flexibility index (Phi) is 9.38. The maximum Gasteiger partial charge on any atom is 0.332 e. The maximum atomic E-state index is 11.3. The largest absolute Gasteiger partial charge is 0.458 e. The zero-order valence-electron chi connectivity index (χ0n) is 12.2. The smallest absolute Gasteiger partial charge is 0.332 e. The second-order valence-corrected chi connectivity index (χ2v) is 5.01. The lowest BCUT2D eigenvalue weighted by molar-refractivity contribution is -0.160. The van der Waals surface area contributed by atoms with Crippen LogP contribution in [0.5, 0.6) is 0 Å². The van der Waals surface area contributed by atoms with Gasteiger partial charge < -0.3 is 18.9 Å². The van der Waals surface area contributed by atoms with Gasteiger partial charge >= 0.3 is 5.97 Å². The Morgan fingerprint density at radius 2 is 1.32 bits per heavy atom. The van der Waals surface area contributed by atoms with Gasteiger partial charge in [0.15, 0.2) is 5.78 Å². The Bertz CT molecular complexity index is 269. The minimum atomic E-state index is -0.495. The highest BCUT2D eigenvalue weighted by molar-refractivity contribution is 5.76. The summed E-state index contributed by atoms with van der Waals surface area (Å²) in [5, 5.41) is 0. The number of esters is 1. The molecule has 0 bridgehead atoms. The fourth-order valence-electron chi connectivity index (χ4n) is 1.08. The van der Waals surface area contributed by atoms with Gasteiger partial charge in [0.1, 0.15) is 18.8 Å². The van der Waals surface area contributed by atoms with E-state index >= 15 is 0 Å². The van der Waals surface area contributed by atoms with Crippen molar-refractivity contribution in [1.29, 1.82) is 0 Å². The summed E-state index contributed by atoms with van der Waals surface area (Å²) in [7, 11) is 0. The van der Waals surface area contributed by atoms with Crippen molar-refractivity contribution in [3.05, 3.63) is 0 Å². The molecule has 0 atom stereocenters. The van der Waals surface area contributed by atoms with Crippen LogP contribution in [0.2, 0.25) is 0 Å². The quantitative estimate of drug-likeness (QED) is 0.437. The number of carbonyl (C=O) groups is 2. The van der Waals surface area contributed by atoms with Crippen LogP contribution in [-0.4, -0.2) is 57.0 Å². The summed E-state index contributed by atoms with van der Waals surface area (Å²) >= 11 is 0. The molecule has 0 N–H and O–H groups in total. The molecule has 0 aromatic heterocycles. The number of ether oxygens (including phenoxy) is 4. The second-order valence-electron chi connectivity index (χ2n) is 5.01. The molecule has 0 heterocycles. The van der Waals surface area contributed by atoms with Crippen molar-refractivity contribution in [3.63, 3.8) is 0 Å². The third kappa shape index (κ3) is 15.0. The van der Waals surface area contributed by atoms with E-state index in [-0.39, 0.29) is 19.0 Å². The maximum absolute atomic E-state index is 11.3. The molecule has 0 fully saturated rings. The van der Waals surface area contributed by atoms with E-state index in [4.69, 9.17) is 18.9 Å². The van der Waals surface area contributed by atoms with Crippen LogP contribution in [0.25, 0.3) is 0 Å². The van der Waals surface area contributed by atoms with E-state index in [1.807, 2.05) is 0 Å². The molecule has 0 saturated carbocycles. The molecule has 6 nitrogen and oxygen atoms in total. The third-order valence-corrected chi connectivity index (χ3v) is 1.69. The fraction of sp³-hybridized carbons (Fsp3) is 0.846. The molecule has 0 saturated heterocycles. The lowest BCUT2D eigenvalue weighted by atomic mass is 10.2. The van der Waals surface area contributed by atoms with Crippen LogP contribution in [-0.2, 0) is 28.5 Å². The highest BCUT2D eigenvalue weighted by Crippen LogP contribution is 2.06. The van der Waals surface area contributed by atoms with Gasteiger partial charge in [-0.3, -0.25) is 4.79 Å². The molecule has 0 aromatic rings. The molecule has 0 unspecified atom stereocenters. The third-order valence-electron chi connectivity index (χ3n) is 1.69. The van der Waals surface area contributed by atoms with Crippen molar-refractivity contribution in [2.45, 2.75) is 33.3 Å². The summed E-state index contributed by atoms with van der Waals surface area (Å²) in [5.74, 6) is -0.405. The van der Waals surface area contributed by atoms with Crippen LogP contribution in [0.1, 0.15) is 27.7 Å². The molecule has 0 rings (SSSR count). The van der Waals surface area contributed by atoms with Crippen molar-refractivity contribution in [2.24, 2.45) is 0 Å². The molecule has 0 aliphatic carbocycles. The first kappa shape index (κ1) is 18.0. The SMILES string of the molecule is CC(=O)COCCOCCOCC(=O)OC(C)(C)C. The summed E-state index contributed by atoms with van der Waals surface area (Å²) in [6.07, 6.45) is 0. The van der Waals surface area contributed by atoms with Gasteiger partial charge in [-0.05, 0) is 27.7 Å². The molecule has 0 aromatic carbocycles. The monoisotopic (exact) mass is 276 g/mol. The van der Waals surface area contributed by atoms with Gasteiger partial charge in [0.2, 0.25) is 0 Å². The van der Waals surface area contributed by atoms with E-state index in [0.717, 1.165) is 0 Å². The van der Waals surface area contributed by atoms with Gasteiger partial charge in [-0.2, -0.15) is 0 Å². The summed E-state index contributed by atoms with van der Waals surface area (Å²) < 4.78 is 20.3. The summed E-state index contributed by atoms with van der Waals surface area (Å²) in [6.45, 7) is 8.33. The Labute approximate surface area is 114 Å². The summed E-state index contributed by atoms with van der Waals surface area (Å²) in [5.41, 5.74) is -0.495. The first-order chi connectivity index (χ1) is 8.81. The second kappa shape index (κ2) is 9.89. The molecule has 0 aliphatic rings. The van der Waals surface area contributed by atoms with Gasteiger partial charge in [-0.1, -0.05) is 0 Å². The molecule has 0 aliphatic heterocycles. The van der Waals surface area contributed by atoms with Crippen LogP contribution >= 0.6 is 0 Å². The molecular weight excluding hydrogens is 252 g/mol. The number of ketones is 1. The topological polar surface area (TPSA) is 71.1 Å². The minimum Gasteiger partial charge on any atom is -0.458 e. The van der Waals surface area contributed by atoms with Gasteiger partial charge in [-0.15, -0.1) is 0 Å². The summed E-state index contributed by atoms with van der Waals surface area (Å²) in [6, 6.07) is 0. The van der Waals surface area contributed by atoms with E-state index < -0.39 is 11.6 Å². The van der Waals surface area contributed by atoms with E-state index in [1.165, 1.54) is 6.92 Å². The van der Waals surface area contributed by atoms with E-state index in [9.17, 15) is 9.59 Å².